The van der Waals surface area contributed by atoms with Gasteiger partial charge in [-0.2, -0.15) is 5.26 Å². The van der Waals surface area contributed by atoms with Crippen molar-refractivity contribution in [1.29, 1.82) is 5.26 Å². The summed E-state index contributed by atoms with van der Waals surface area (Å²) in [6.07, 6.45) is 0. The first-order valence-electron chi connectivity index (χ1n) is 5.66. The Morgan fingerprint density at radius 1 is 1.50 bits per heavy atom. The summed E-state index contributed by atoms with van der Waals surface area (Å²) in [5.74, 6) is 0.0167. The van der Waals surface area contributed by atoms with Crippen molar-refractivity contribution in [3.8, 4) is 6.07 Å². The van der Waals surface area contributed by atoms with E-state index in [1.165, 1.54) is 0 Å². The summed E-state index contributed by atoms with van der Waals surface area (Å²) in [6, 6.07) is 7.48. The molecule has 0 radical (unpaired) electrons. The zero-order valence-corrected chi connectivity index (χ0v) is 12.1. The summed E-state index contributed by atoms with van der Waals surface area (Å²) in [5.41, 5.74) is 6.64. The van der Waals surface area contributed by atoms with Gasteiger partial charge in [-0.1, -0.05) is 29.8 Å². The molecule has 1 rings (SSSR count). The topological polar surface area (TPSA) is 70.1 Å². The van der Waals surface area contributed by atoms with Gasteiger partial charge in [-0.15, -0.1) is 0 Å². The Hall–Kier alpha value is -1.54. The first-order chi connectivity index (χ1) is 8.42. The number of hydrogen-bond donors (Lipinski definition) is 1. The van der Waals surface area contributed by atoms with E-state index >= 15 is 0 Å². The highest BCUT2D eigenvalue weighted by Gasteiger charge is 2.12. The molecule has 0 aromatic heterocycles. The number of carbonyl (C=O) groups excluding carboxylic acids is 1. The highest BCUT2D eigenvalue weighted by Crippen LogP contribution is 2.23. The molecule has 96 valence electrons. The third-order valence-electron chi connectivity index (χ3n) is 2.31. The molecule has 5 heteroatoms. The van der Waals surface area contributed by atoms with Gasteiger partial charge in [0.2, 0.25) is 5.91 Å². The highest BCUT2D eigenvalue weighted by atomic mass is 79.9. The second-order valence-corrected chi connectivity index (χ2v) is 5.47. The van der Waals surface area contributed by atoms with Crippen molar-refractivity contribution in [2.24, 2.45) is 11.7 Å². The van der Waals surface area contributed by atoms with Crippen LogP contribution in [-0.2, 0) is 4.79 Å². The number of halogens is 1. The molecule has 0 spiro atoms. The highest BCUT2D eigenvalue weighted by molar-refractivity contribution is 9.10. The van der Waals surface area contributed by atoms with E-state index < -0.39 is 0 Å². The molecule has 4 nitrogen and oxygen atoms in total. The van der Waals surface area contributed by atoms with E-state index in [2.05, 4.69) is 35.8 Å². The van der Waals surface area contributed by atoms with Crippen LogP contribution in [0.15, 0.2) is 22.7 Å². The second kappa shape index (κ2) is 6.41. The Bertz CT molecular complexity index is 480. The molecule has 0 aliphatic carbocycles. The van der Waals surface area contributed by atoms with Gasteiger partial charge < -0.3 is 10.6 Å². The van der Waals surface area contributed by atoms with Crippen molar-refractivity contribution in [2.45, 2.75) is 13.8 Å². The Labute approximate surface area is 116 Å². The Morgan fingerprint density at radius 3 is 2.67 bits per heavy atom. The minimum absolute atomic E-state index is 0.152. The molecular formula is C13H16BrN3O. The molecule has 0 saturated carbocycles. The van der Waals surface area contributed by atoms with Crippen LogP contribution in [0, 0.1) is 17.2 Å². The van der Waals surface area contributed by atoms with Gasteiger partial charge in [0.05, 0.1) is 18.2 Å². The van der Waals surface area contributed by atoms with Crippen LogP contribution in [0.3, 0.4) is 0 Å². The number of primary amides is 1. The molecule has 0 aliphatic rings. The maximum atomic E-state index is 11.1. The first-order valence-corrected chi connectivity index (χ1v) is 6.45. The number of nitriles is 1. The molecule has 1 aromatic rings. The van der Waals surface area contributed by atoms with Crippen LogP contribution < -0.4 is 10.6 Å². The molecule has 0 saturated heterocycles. The summed E-state index contributed by atoms with van der Waals surface area (Å²) < 4.78 is 0.815. The van der Waals surface area contributed by atoms with Gasteiger partial charge in [0, 0.05) is 16.7 Å². The van der Waals surface area contributed by atoms with Gasteiger partial charge in [0.25, 0.3) is 0 Å². The van der Waals surface area contributed by atoms with Gasteiger partial charge in [-0.25, -0.2) is 0 Å². The van der Waals surface area contributed by atoms with Gasteiger partial charge in [-0.3, -0.25) is 4.79 Å². The maximum absolute atomic E-state index is 11.1. The largest absolute Gasteiger partial charge is 0.368 e. The second-order valence-electron chi connectivity index (χ2n) is 4.55. The average Bonchev–Trinajstić information content (AvgIpc) is 2.26. The minimum Gasteiger partial charge on any atom is -0.368 e. The van der Waals surface area contributed by atoms with Gasteiger partial charge >= 0.3 is 0 Å². The van der Waals surface area contributed by atoms with Crippen molar-refractivity contribution in [2.75, 3.05) is 18.0 Å². The normalized spacial score (nSPS) is 10.2. The first kappa shape index (κ1) is 14.5. The van der Waals surface area contributed by atoms with E-state index in [0.717, 1.165) is 10.2 Å². The number of anilines is 1. The van der Waals surface area contributed by atoms with Gasteiger partial charge in [0.15, 0.2) is 0 Å². The van der Waals surface area contributed by atoms with E-state index in [1.807, 2.05) is 11.0 Å². The summed E-state index contributed by atoms with van der Waals surface area (Å²) in [4.78, 5) is 13.0. The molecule has 0 bridgehead atoms. The number of nitrogens with zero attached hydrogens (tertiary/aromatic N) is 2. The zero-order chi connectivity index (χ0) is 13.7. The van der Waals surface area contributed by atoms with Crippen LogP contribution in [0.4, 0.5) is 5.69 Å². The number of benzene rings is 1. The third-order valence-corrected chi connectivity index (χ3v) is 2.77. The fourth-order valence-corrected chi connectivity index (χ4v) is 2.19. The van der Waals surface area contributed by atoms with Crippen molar-refractivity contribution in [1.82, 2.24) is 0 Å². The Kier molecular flexibility index (Phi) is 5.17. The van der Waals surface area contributed by atoms with Crippen molar-refractivity contribution in [3.05, 3.63) is 28.2 Å². The minimum atomic E-state index is -0.380. The van der Waals surface area contributed by atoms with Crippen LogP contribution in [0.5, 0.6) is 0 Å². The Balaban J connectivity index is 3.07. The van der Waals surface area contributed by atoms with E-state index in [0.29, 0.717) is 18.0 Å². The lowest BCUT2D eigenvalue weighted by molar-refractivity contribution is -0.116. The number of nitrogens with two attached hydrogens (primary N) is 1. The van der Waals surface area contributed by atoms with Crippen LogP contribution in [0.25, 0.3) is 0 Å². The van der Waals surface area contributed by atoms with Crippen LogP contribution in [0.1, 0.15) is 19.4 Å². The summed E-state index contributed by atoms with van der Waals surface area (Å²) >= 11 is 3.36. The smallest absolute Gasteiger partial charge is 0.236 e. The number of hydrogen-bond acceptors (Lipinski definition) is 3. The van der Waals surface area contributed by atoms with Crippen LogP contribution >= 0.6 is 15.9 Å². The lowest BCUT2D eigenvalue weighted by Gasteiger charge is -2.25. The maximum Gasteiger partial charge on any atom is 0.236 e. The van der Waals surface area contributed by atoms with E-state index in [9.17, 15) is 4.79 Å². The lowest BCUT2D eigenvalue weighted by Crippen LogP contribution is -2.36. The van der Waals surface area contributed by atoms with Crippen LogP contribution in [0.2, 0.25) is 0 Å². The standard InChI is InChI=1S/C13H16BrN3O/c1-9(2)7-17(8-13(16)18)12-4-10(6-15)3-11(14)5-12/h3-5,9H,7-8H2,1-2H3,(H2,16,18). The lowest BCUT2D eigenvalue weighted by atomic mass is 10.1. The number of amides is 1. The molecular weight excluding hydrogens is 294 g/mol. The molecule has 1 aromatic carbocycles. The zero-order valence-electron chi connectivity index (χ0n) is 10.5. The van der Waals surface area contributed by atoms with Crippen LogP contribution in [-0.4, -0.2) is 19.0 Å². The van der Waals surface area contributed by atoms with E-state index in [4.69, 9.17) is 11.0 Å². The van der Waals surface area contributed by atoms with Crippen molar-refractivity contribution >= 4 is 27.5 Å². The summed E-state index contributed by atoms with van der Waals surface area (Å²) in [6.45, 7) is 5.00. The fraction of sp³-hybridized carbons (Fsp3) is 0.385. The molecule has 0 heterocycles. The molecule has 1 amide bonds. The summed E-state index contributed by atoms with van der Waals surface area (Å²) in [5, 5.41) is 8.95. The number of carbonyl (C=O) groups is 1. The van der Waals surface area contributed by atoms with Crippen molar-refractivity contribution in [3.63, 3.8) is 0 Å². The quantitative estimate of drug-likeness (QED) is 0.907. The molecule has 0 aliphatic heterocycles. The molecule has 0 atom stereocenters. The molecule has 18 heavy (non-hydrogen) atoms. The van der Waals surface area contributed by atoms with Gasteiger partial charge in [0.1, 0.15) is 0 Å². The SMILES string of the molecule is CC(C)CN(CC(N)=O)c1cc(Br)cc(C#N)c1. The van der Waals surface area contributed by atoms with Crippen molar-refractivity contribution < 1.29 is 4.79 Å². The predicted octanol–water partition coefficient (Wildman–Crippen LogP) is 2.27. The predicted molar refractivity (Wildman–Crippen MR) is 75.1 cm³/mol. The Morgan fingerprint density at radius 2 is 2.17 bits per heavy atom. The summed E-state index contributed by atoms with van der Waals surface area (Å²) in [7, 11) is 0. The fourth-order valence-electron chi connectivity index (χ4n) is 1.71. The average molecular weight is 310 g/mol. The molecule has 0 fully saturated rings. The number of rotatable bonds is 5. The van der Waals surface area contributed by atoms with E-state index in [1.54, 1.807) is 12.1 Å². The van der Waals surface area contributed by atoms with Gasteiger partial charge in [-0.05, 0) is 24.1 Å². The van der Waals surface area contributed by atoms with E-state index in [-0.39, 0.29) is 12.5 Å². The third kappa shape index (κ3) is 4.38. The monoisotopic (exact) mass is 309 g/mol. The molecule has 2 N–H and O–H groups in total. The molecule has 0 unspecified atom stereocenters.